The Balaban J connectivity index is 2.44. The van der Waals surface area contributed by atoms with Gasteiger partial charge in [0.25, 0.3) is 0 Å². The maximum Gasteiger partial charge on any atom is 0.240 e. The Morgan fingerprint density at radius 3 is 2.88 bits per heavy atom. The summed E-state index contributed by atoms with van der Waals surface area (Å²) in [5.41, 5.74) is 6.22. The summed E-state index contributed by atoms with van der Waals surface area (Å²) in [5, 5.41) is 6.52. The van der Waals surface area contributed by atoms with Crippen LogP contribution >= 0.6 is 0 Å². The Kier molecular flexibility index (Phi) is 5.11. The van der Waals surface area contributed by atoms with Gasteiger partial charge in [-0.3, -0.25) is 15.0 Å². The summed E-state index contributed by atoms with van der Waals surface area (Å²) in [4.78, 5) is 13.4. The Hall–Kier alpha value is -1.40. The summed E-state index contributed by atoms with van der Waals surface area (Å²) in [6.45, 7) is 5.52. The average molecular weight is 240 g/mol. The number of nitrogens with one attached hydrogen (secondary N) is 1. The van der Waals surface area contributed by atoms with Crippen molar-refractivity contribution in [2.75, 3.05) is 32.0 Å². The van der Waals surface area contributed by atoms with E-state index in [4.69, 9.17) is 10.3 Å². The molecule has 6 heteroatoms. The molecule has 0 radical (unpaired) electrons. The third kappa shape index (κ3) is 4.54. The van der Waals surface area contributed by atoms with Crippen LogP contribution in [-0.4, -0.2) is 42.6 Å². The first-order valence-electron chi connectivity index (χ1n) is 5.68. The van der Waals surface area contributed by atoms with Crippen LogP contribution in [0.2, 0.25) is 0 Å². The van der Waals surface area contributed by atoms with E-state index in [0.29, 0.717) is 19.0 Å². The molecular formula is C11H20N4O2. The van der Waals surface area contributed by atoms with E-state index in [1.165, 1.54) is 0 Å². The fraction of sp³-hybridized carbons (Fsp3) is 0.636. The molecule has 1 aromatic heterocycles. The highest BCUT2D eigenvalue weighted by Crippen LogP contribution is 2.17. The molecule has 0 aliphatic carbocycles. The maximum atomic E-state index is 11.6. The summed E-state index contributed by atoms with van der Waals surface area (Å²) in [6.07, 6.45) is 0. The van der Waals surface area contributed by atoms with Crippen molar-refractivity contribution in [3.05, 3.63) is 11.8 Å². The van der Waals surface area contributed by atoms with Crippen molar-refractivity contribution in [2.24, 2.45) is 5.73 Å². The Bertz CT molecular complexity index is 362. The quantitative estimate of drug-likeness (QED) is 0.761. The van der Waals surface area contributed by atoms with E-state index in [2.05, 4.69) is 10.5 Å². The van der Waals surface area contributed by atoms with Gasteiger partial charge in [0.15, 0.2) is 0 Å². The number of likely N-dealkylation sites (N-methyl/N-ethyl adjacent to an activating group) is 1. The van der Waals surface area contributed by atoms with E-state index in [0.717, 1.165) is 5.69 Å². The van der Waals surface area contributed by atoms with Gasteiger partial charge < -0.3 is 10.3 Å². The molecular weight excluding hydrogens is 220 g/mol. The second-order valence-corrected chi connectivity index (χ2v) is 4.35. The standard InChI is InChI=1S/C11H20N4O2/c1-8(2)9-6-11(17-14-9)13-10(16)7-15(3)5-4-12/h6,8H,4-5,7,12H2,1-3H3,(H,13,16). The Labute approximate surface area is 101 Å². The van der Waals surface area contributed by atoms with E-state index in [-0.39, 0.29) is 18.4 Å². The van der Waals surface area contributed by atoms with Gasteiger partial charge in [-0.25, -0.2) is 0 Å². The summed E-state index contributed by atoms with van der Waals surface area (Å²) < 4.78 is 5.01. The van der Waals surface area contributed by atoms with E-state index in [1.54, 1.807) is 6.07 Å². The van der Waals surface area contributed by atoms with Crippen LogP contribution in [0.25, 0.3) is 0 Å². The third-order valence-corrected chi connectivity index (χ3v) is 2.31. The zero-order valence-corrected chi connectivity index (χ0v) is 10.6. The topological polar surface area (TPSA) is 84.4 Å². The largest absolute Gasteiger partial charge is 0.338 e. The van der Waals surface area contributed by atoms with Gasteiger partial charge in [-0.2, -0.15) is 0 Å². The third-order valence-electron chi connectivity index (χ3n) is 2.31. The van der Waals surface area contributed by atoms with Gasteiger partial charge in [-0.05, 0) is 13.0 Å². The smallest absolute Gasteiger partial charge is 0.240 e. The number of nitrogens with zero attached hydrogens (tertiary/aromatic N) is 2. The number of aromatic nitrogens is 1. The summed E-state index contributed by atoms with van der Waals surface area (Å²) in [5.74, 6) is 0.538. The normalized spacial score (nSPS) is 11.2. The molecule has 1 heterocycles. The van der Waals surface area contributed by atoms with E-state index < -0.39 is 0 Å². The van der Waals surface area contributed by atoms with Crippen molar-refractivity contribution >= 4 is 11.8 Å². The minimum atomic E-state index is -0.132. The molecule has 0 atom stereocenters. The van der Waals surface area contributed by atoms with Crippen LogP contribution in [0, 0.1) is 0 Å². The fourth-order valence-corrected chi connectivity index (χ4v) is 1.34. The molecule has 3 N–H and O–H groups in total. The summed E-state index contributed by atoms with van der Waals surface area (Å²) >= 11 is 0. The number of carbonyl (C=O) groups is 1. The summed E-state index contributed by atoms with van der Waals surface area (Å²) in [6, 6.07) is 1.74. The molecule has 0 unspecified atom stereocenters. The van der Waals surface area contributed by atoms with Crippen molar-refractivity contribution in [1.29, 1.82) is 0 Å². The minimum absolute atomic E-state index is 0.132. The molecule has 0 fully saturated rings. The van der Waals surface area contributed by atoms with Gasteiger partial charge in [-0.1, -0.05) is 19.0 Å². The van der Waals surface area contributed by atoms with Crippen LogP contribution in [0.5, 0.6) is 0 Å². The molecule has 96 valence electrons. The van der Waals surface area contributed by atoms with Crippen molar-refractivity contribution in [1.82, 2.24) is 10.1 Å². The predicted molar refractivity (Wildman–Crippen MR) is 65.8 cm³/mol. The molecule has 0 saturated heterocycles. The lowest BCUT2D eigenvalue weighted by Crippen LogP contribution is -2.33. The predicted octanol–water partition coefficient (Wildman–Crippen LogP) is 0.627. The van der Waals surface area contributed by atoms with E-state index in [9.17, 15) is 4.79 Å². The van der Waals surface area contributed by atoms with Crippen molar-refractivity contribution in [3.63, 3.8) is 0 Å². The average Bonchev–Trinajstić information content (AvgIpc) is 2.66. The fourth-order valence-electron chi connectivity index (χ4n) is 1.34. The molecule has 0 aliphatic rings. The number of amides is 1. The van der Waals surface area contributed by atoms with Gasteiger partial charge in [0.2, 0.25) is 11.8 Å². The number of hydrogen-bond acceptors (Lipinski definition) is 5. The molecule has 0 aromatic carbocycles. The highest BCUT2D eigenvalue weighted by Gasteiger charge is 2.11. The maximum absolute atomic E-state index is 11.6. The van der Waals surface area contributed by atoms with Crippen molar-refractivity contribution < 1.29 is 9.32 Å². The number of anilines is 1. The van der Waals surface area contributed by atoms with Crippen LogP contribution in [0.3, 0.4) is 0 Å². The zero-order chi connectivity index (χ0) is 12.8. The molecule has 1 rings (SSSR count). The zero-order valence-electron chi connectivity index (χ0n) is 10.6. The van der Waals surface area contributed by atoms with Gasteiger partial charge >= 0.3 is 0 Å². The van der Waals surface area contributed by atoms with E-state index >= 15 is 0 Å². The number of hydrogen-bond donors (Lipinski definition) is 2. The van der Waals surface area contributed by atoms with Gasteiger partial charge in [0.1, 0.15) is 0 Å². The monoisotopic (exact) mass is 240 g/mol. The SMILES string of the molecule is CC(C)c1cc(NC(=O)CN(C)CCN)on1. The Morgan fingerprint density at radius 2 is 2.35 bits per heavy atom. The van der Waals surface area contributed by atoms with Crippen molar-refractivity contribution in [2.45, 2.75) is 19.8 Å². The number of rotatable bonds is 6. The highest BCUT2D eigenvalue weighted by molar-refractivity contribution is 5.90. The van der Waals surface area contributed by atoms with Gasteiger partial charge in [0.05, 0.1) is 12.2 Å². The van der Waals surface area contributed by atoms with Crippen LogP contribution in [0.4, 0.5) is 5.88 Å². The highest BCUT2D eigenvalue weighted by atomic mass is 16.5. The second kappa shape index (κ2) is 6.36. The van der Waals surface area contributed by atoms with E-state index in [1.807, 2.05) is 25.8 Å². The molecule has 0 bridgehead atoms. The first kappa shape index (κ1) is 13.7. The van der Waals surface area contributed by atoms with Crippen LogP contribution in [0.15, 0.2) is 10.6 Å². The van der Waals surface area contributed by atoms with Gasteiger partial charge in [0, 0.05) is 19.2 Å². The lowest BCUT2D eigenvalue weighted by molar-refractivity contribution is -0.117. The summed E-state index contributed by atoms with van der Waals surface area (Å²) in [7, 11) is 1.84. The molecule has 0 aliphatic heterocycles. The lowest BCUT2D eigenvalue weighted by Gasteiger charge is -2.13. The lowest BCUT2D eigenvalue weighted by atomic mass is 10.1. The van der Waals surface area contributed by atoms with Crippen molar-refractivity contribution in [3.8, 4) is 0 Å². The molecule has 0 saturated carbocycles. The molecule has 1 amide bonds. The Morgan fingerprint density at radius 1 is 1.65 bits per heavy atom. The van der Waals surface area contributed by atoms with Crippen LogP contribution in [0.1, 0.15) is 25.5 Å². The first-order chi connectivity index (χ1) is 8.02. The van der Waals surface area contributed by atoms with Gasteiger partial charge in [-0.15, -0.1) is 0 Å². The van der Waals surface area contributed by atoms with Crippen LogP contribution in [-0.2, 0) is 4.79 Å². The van der Waals surface area contributed by atoms with Crippen LogP contribution < -0.4 is 11.1 Å². The molecule has 6 nitrogen and oxygen atoms in total. The first-order valence-corrected chi connectivity index (χ1v) is 5.68. The minimum Gasteiger partial charge on any atom is -0.338 e. The molecule has 1 aromatic rings. The second-order valence-electron chi connectivity index (χ2n) is 4.35. The number of carbonyl (C=O) groups excluding carboxylic acids is 1. The number of nitrogens with two attached hydrogens (primary N) is 1. The molecule has 0 spiro atoms. The molecule has 17 heavy (non-hydrogen) atoms.